The molecule has 1 fully saturated rings. The van der Waals surface area contributed by atoms with Gasteiger partial charge in [0.1, 0.15) is 0 Å². The van der Waals surface area contributed by atoms with Crippen LogP contribution < -0.4 is 5.32 Å². The molecule has 0 spiro atoms. The molecule has 0 amide bonds. The van der Waals surface area contributed by atoms with Gasteiger partial charge in [-0.25, -0.2) is 0 Å². The average molecular weight is 229 g/mol. The number of rotatable bonds is 5. The molecule has 1 N–H and O–H groups in total. The van der Waals surface area contributed by atoms with Crippen molar-refractivity contribution in [3.63, 3.8) is 0 Å². The second-order valence-corrected chi connectivity index (χ2v) is 5.10. The molecule has 0 radical (unpaired) electrons. The fourth-order valence-electron chi connectivity index (χ4n) is 2.59. The summed E-state index contributed by atoms with van der Waals surface area (Å²) in [6.45, 7) is 6.22. The van der Waals surface area contributed by atoms with Crippen LogP contribution in [-0.4, -0.2) is 13.1 Å². The van der Waals surface area contributed by atoms with Crippen LogP contribution in [0.4, 0.5) is 0 Å². The molecule has 0 unspecified atom stereocenters. The molecule has 0 aromatic heterocycles. The molecule has 0 aliphatic heterocycles. The van der Waals surface area contributed by atoms with Crippen molar-refractivity contribution in [2.75, 3.05) is 13.1 Å². The first kappa shape index (κ1) is 12.4. The van der Waals surface area contributed by atoms with Crippen LogP contribution in [0.2, 0.25) is 0 Å². The van der Waals surface area contributed by atoms with Crippen LogP contribution in [0.3, 0.4) is 0 Å². The SMILES string of the molecule is C=C(CNCC1CCCCC1)c1ccccc1. The van der Waals surface area contributed by atoms with Gasteiger partial charge in [-0.2, -0.15) is 0 Å². The molecule has 1 aliphatic carbocycles. The summed E-state index contributed by atoms with van der Waals surface area (Å²) in [4.78, 5) is 0. The van der Waals surface area contributed by atoms with Crippen LogP contribution in [0.15, 0.2) is 36.9 Å². The molecule has 1 nitrogen and oxygen atoms in total. The summed E-state index contributed by atoms with van der Waals surface area (Å²) in [5.74, 6) is 0.896. The highest BCUT2D eigenvalue weighted by Crippen LogP contribution is 2.22. The van der Waals surface area contributed by atoms with Crippen LogP contribution in [0.1, 0.15) is 37.7 Å². The summed E-state index contributed by atoms with van der Waals surface area (Å²) in [5.41, 5.74) is 2.45. The van der Waals surface area contributed by atoms with Crippen LogP contribution in [0, 0.1) is 5.92 Å². The van der Waals surface area contributed by atoms with Crippen molar-refractivity contribution in [3.8, 4) is 0 Å². The monoisotopic (exact) mass is 229 g/mol. The summed E-state index contributed by atoms with van der Waals surface area (Å²) >= 11 is 0. The van der Waals surface area contributed by atoms with E-state index in [1.54, 1.807) is 0 Å². The summed E-state index contributed by atoms with van der Waals surface area (Å²) < 4.78 is 0. The van der Waals surface area contributed by atoms with Gasteiger partial charge in [0.05, 0.1) is 0 Å². The van der Waals surface area contributed by atoms with Crippen LogP contribution in [0.5, 0.6) is 0 Å². The Kier molecular flexibility index (Phi) is 4.81. The van der Waals surface area contributed by atoms with E-state index < -0.39 is 0 Å². The van der Waals surface area contributed by atoms with E-state index in [9.17, 15) is 0 Å². The normalized spacial score (nSPS) is 16.9. The van der Waals surface area contributed by atoms with E-state index in [2.05, 4.69) is 36.2 Å². The van der Waals surface area contributed by atoms with Crippen molar-refractivity contribution in [1.82, 2.24) is 5.32 Å². The van der Waals surface area contributed by atoms with E-state index in [0.29, 0.717) is 0 Å². The minimum Gasteiger partial charge on any atom is -0.312 e. The molecule has 0 saturated heterocycles. The third kappa shape index (κ3) is 4.01. The Morgan fingerprint density at radius 3 is 2.53 bits per heavy atom. The maximum atomic E-state index is 4.15. The van der Waals surface area contributed by atoms with Crippen molar-refractivity contribution < 1.29 is 0 Å². The van der Waals surface area contributed by atoms with E-state index >= 15 is 0 Å². The number of benzene rings is 1. The minimum absolute atomic E-state index is 0.896. The lowest BCUT2D eigenvalue weighted by atomic mass is 9.89. The summed E-state index contributed by atoms with van der Waals surface area (Å²) in [6, 6.07) is 10.4. The van der Waals surface area contributed by atoms with Crippen molar-refractivity contribution in [2.24, 2.45) is 5.92 Å². The zero-order valence-electron chi connectivity index (χ0n) is 10.6. The standard InChI is InChI=1S/C16H23N/c1-14(16-10-6-3-7-11-16)12-17-13-15-8-4-2-5-9-15/h3,6-7,10-11,15,17H,1-2,4-5,8-9,12-13H2. The Bertz CT molecular complexity index is 336. The first-order valence-corrected chi connectivity index (χ1v) is 6.80. The van der Waals surface area contributed by atoms with Crippen molar-refractivity contribution >= 4 is 5.57 Å². The van der Waals surface area contributed by atoms with Crippen LogP contribution in [0.25, 0.3) is 5.57 Å². The minimum atomic E-state index is 0.896. The zero-order chi connectivity index (χ0) is 11.9. The summed E-state index contributed by atoms with van der Waals surface area (Å²) in [5, 5.41) is 3.55. The molecule has 1 aromatic rings. The van der Waals surface area contributed by atoms with Crippen LogP contribution >= 0.6 is 0 Å². The van der Waals surface area contributed by atoms with Gasteiger partial charge in [-0.15, -0.1) is 0 Å². The number of nitrogens with one attached hydrogen (secondary N) is 1. The van der Waals surface area contributed by atoms with Crippen molar-refractivity contribution in [1.29, 1.82) is 0 Å². The van der Waals surface area contributed by atoms with Gasteiger partial charge in [0.15, 0.2) is 0 Å². The first-order chi connectivity index (χ1) is 8.36. The molecule has 1 aliphatic rings. The van der Waals surface area contributed by atoms with E-state index in [-0.39, 0.29) is 0 Å². The number of hydrogen-bond donors (Lipinski definition) is 1. The van der Waals surface area contributed by atoms with Gasteiger partial charge >= 0.3 is 0 Å². The molecule has 92 valence electrons. The Morgan fingerprint density at radius 2 is 1.82 bits per heavy atom. The van der Waals surface area contributed by atoms with E-state index in [1.807, 2.05) is 6.07 Å². The van der Waals surface area contributed by atoms with E-state index in [4.69, 9.17) is 0 Å². The van der Waals surface area contributed by atoms with E-state index in [0.717, 1.165) is 19.0 Å². The van der Waals surface area contributed by atoms with Gasteiger partial charge in [-0.05, 0) is 36.4 Å². The predicted molar refractivity (Wildman–Crippen MR) is 74.9 cm³/mol. The number of hydrogen-bond acceptors (Lipinski definition) is 1. The molecule has 1 heteroatoms. The molecule has 17 heavy (non-hydrogen) atoms. The molecule has 1 saturated carbocycles. The van der Waals surface area contributed by atoms with Crippen molar-refractivity contribution in [2.45, 2.75) is 32.1 Å². The highest BCUT2D eigenvalue weighted by molar-refractivity contribution is 5.64. The summed E-state index contributed by atoms with van der Waals surface area (Å²) in [7, 11) is 0. The van der Waals surface area contributed by atoms with Crippen molar-refractivity contribution in [3.05, 3.63) is 42.5 Å². The van der Waals surface area contributed by atoms with Gasteiger partial charge in [0.25, 0.3) is 0 Å². The molecule has 0 atom stereocenters. The van der Waals surface area contributed by atoms with Gasteiger partial charge in [-0.1, -0.05) is 56.2 Å². The molecular weight excluding hydrogens is 206 g/mol. The lowest BCUT2D eigenvalue weighted by molar-refractivity contribution is 0.347. The Labute approximate surface area is 105 Å². The fraction of sp³-hybridized carbons (Fsp3) is 0.500. The van der Waals surface area contributed by atoms with Gasteiger partial charge in [0.2, 0.25) is 0 Å². The fourth-order valence-corrected chi connectivity index (χ4v) is 2.59. The Morgan fingerprint density at radius 1 is 1.12 bits per heavy atom. The second-order valence-electron chi connectivity index (χ2n) is 5.10. The predicted octanol–water partition coefficient (Wildman–Crippen LogP) is 3.87. The lowest BCUT2D eigenvalue weighted by Crippen LogP contribution is -2.25. The van der Waals surface area contributed by atoms with E-state index in [1.165, 1.54) is 43.2 Å². The quantitative estimate of drug-likeness (QED) is 0.808. The van der Waals surface area contributed by atoms with Gasteiger partial charge < -0.3 is 5.32 Å². The average Bonchev–Trinajstić information content (AvgIpc) is 2.41. The third-order valence-corrected chi connectivity index (χ3v) is 3.68. The third-order valence-electron chi connectivity index (χ3n) is 3.68. The lowest BCUT2D eigenvalue weighted by Gasteiger charge is -2.22. The first-order valence-electron chi connectivity index (χ1n) is 6.80. The summed E-state index contributed by atoms with van der Waals surface area (Å²) in [6.07, 6.45) is 7.10. The maximum Gasteiger partial charge on any atom is 0.0205 e. The van der Waals surface area contributed by atoms with Gasteiger partial charge in [0, 0.05) is 6.54 Å². The molecule has 0 bridgehead atoms. The Balaban J connectivity index is 1.69. The topological polar surface area (TPSA) is 12.0 Å². The molecular formula is C16H23N. The molecule has 2 rings (SSSR count). The largest absolute Gasteiger partial charge is 0.312 e. The van der Waals surface area contributed by atoms with Gasteiger partial charge in [-0.3, -0.25) is 0 Å². The van der Waals surface area contributed by atoms with Crippen LogP contribution in [-0.2, 0) is 0 Å². The molecule has 1 aromatic carbocycles. The second kappa shape index (κ2) is 6.61. The smallest absolute Gasteiger partial charge is 0.0205 e. The highest BCUT2D eigenvalue weighted by atomic mass is 14.9. The maximum absolute atomic E-state index is 4.15. The molecule has 0 heterocycles. The zero-order valence-corrected chi connectivity index (χ0v) is 10.6. The highest BCUT2D eigenvalue weighted by Gasteiger charge is 2.12. The Hall–Kier alpha value is -1.08.